The molecule has 1 amide bonds. The van der Waals surface area contributed by atoms with Gasteiger partial charge in [0.1, 0.15) is 0 Å². The maximum atomic E-state index is 11.1. The Labute approximate surface area is 149 Å². The smallest absolute Gasteiger partial charge is 0.251 e. The number of piperazine rings is 1. The summed E-state index contributed by atoms with van der Waals surface area (Å²) in [4.78, 5) is 28.5. The first kappa shape index (κ1) is 15.9. The fraction of sp³-hybridized carbons (Fsp3) is 0.294. The lowest BCUT2D eigenvalue weighted by atomic mass is 10.2. The molecule has 0 atom stereocenters. The van der Waals surface area contributed by atoms with Gasteiger partial charge in [0.05, 0.1) is 21.3 Å². The van der Waals surface area contributed by atoms with Crippen LogP contribution in [0.25, 0.3) is 10.2 Å². The Balaban J connectivity index is 1.36. The van der Waals surface area contributed by atoms with E-state index in [0.717, 1.165) is 38.2 Å². The molecular weight excluding hydrogens is 336 g/mol. The number of anilines is 1. The number of carbonyl (C=O) groups excluding carboxylic acids is 1. The Morgan fingerprint density at radius 3 is 2.60 bits per heavy atom. The molecule has 4 rings (SSSR count). The zero-order valence-electron chi connectivity index (χ0n) is 13.6. The fourth-order valence-corrected chi connectivity index (χ4v) is 3.64. The fourth-order valence-electron chi connectivity index (χ4n) is 2.98. The van der Waals surface area contributed by atoms with Crippen molar-refractivity contribution in [1.82, 2.24) is 19.9 Å². The van der Waals surface area contributed by atoms with E-state index in [2.05, 4.69) is 43.0 Å². The molecule has 1 aliphatic heterocycles. The van der Waals surface area contributed by atoms with E-state index in [1.807, 2.05) is 5.51 Å². The second-order valence-corrected chi connectivity index (χ2v) is 6.94. The van der Waals surface area contributed by atoms with Gasteiger partial charge in [-0.15, -0.1) is 11.3 Å². The lowest BCUT2D eigenvalue weighted by molar-refractivity contribution is 0.0999. The van der Waals surface area contributed by atoms with Crippen molar-refractivity contribution in [2.24, 2.45) is 5.73 Å². The zero-order valence-corrected chi connectivity index (χ0v) is 14.4. The zero-order chi connectivity index (χ0) is 17.2. The molecule has 7 nitrogen and oxygen atoms in total. The summed E-state index contributed by atoms with van der Waals surface area (Å²) in [5, 5.41) is 0. The Morgan fingerprint density at radius 2 is 1.88 bits per heavy atom. The second kappa shape index (κ2) is 6.73. The molecule has 0 bridgehead atoms. The van der Waals surface area contributed by atoms with Gasteiger partial charge in [-0.1, -0.05) is 6.07 Å². The van der Waals surface area contributed by atoms with Crippen molar-refractivity contribution in [3.63, 3.8) is 0 Å². The first-order valence-corrected chi connectivity index (χ1v) is 8.98. The summed E-state index contributed by atoms with van der Waals surface area (Å²) in [6, 6.07) is 6.50. The molecule has 1 saturated heterocycles. The van der Waals surface area contributed by atoms with Crippen molar-refractivity contribution >= 4 is 33.4 Å². The summed E-state index contributed by atoms with van der Waals surface area (Å²) in [6.07, 6.45) is 2.97. The van der Waals surface area contributed by atoms with E-state index in [4.69, 9.17) is 5.73 Å². The third-order valence-electron chi connectivity index (χ3n) is 4.38. The molecule has 25 heavy (non-hydrogen) atoms. The van der Waals surface area contributed by atoms with E-state index >= 15 is 0 Å². The number of hydrogen-bond donors (Lipinski definition) is 1. The molecule has 0 aliphatic carbocycles. The van der Waals surface area contributed by atoms with Gasteiger partial charge >= 0.3 is 0 Å². The molecule has 2 N–H and O–H groups in total. The predicted octanol–water partition coefficient (Wildman–Crippen LogP) is 1.51. The van der Waals surface area contributed by atoms with Crippen LogP contribution in [0.15, 0.2) is 36.1 Å². The minimum Gasteiger partial charge on any atom is -0.366 e. The Kier molecular flexibility index (Phi) is 4.29. The molecule has 2 aromatic heterocycles. The van der Waals surface area contributed by atoms with Crippen LogP contribution in [0, 0.1) is 0 Å². The van der Waals surface area contributed by atoms with Gasteiger partial charge in [-0.2, -0.15) is 0 Å². The van der Waals surface area contributed by atoms with Gasteiger partial charge in [0.25, 0.3) is 5.91 Å². The summed E-state index contributed by atoms with van der Waals surface area (Å²) >= 11 is 1.67. The lowest BCUT2D eigenvalue weighted by Crippen LogP contribution is -2.46. The van der Waals surface area contributed by atoms with E-state index in [1.165, 1.54) is 22.7 Å². The van der Waals surface area contributed by atoms with Crippen LogP contribution < -0.4 is 10.6 Å². The van der Waals surface area contributed by atoms with E-state index in [-0.39, 0.29) is 0 Å². The molecule has 0 radical (unpaired) electrons. The Hall–Kier alpha value is -2.58. The third kappa shape index (κ3) is 3.45. The predicted molar refractivity (Wildman–Crippen MR) is 97.7 cm³/mol. The first-order chi connectivity index (χ1) is 12.2. The van der Waals surface area contributed by atoms with Crippen molar-refractivity contribution in [2.75, 3.05) is 31.1 Å². The molecule has 0 unspecified atom stereocenters. The monoisotopic (exact) mass is 354 g/mol. The molecule has 128 valence electrons. The van der Waals surface area contributed by atoms with Crippen LogP contribution in [0.5, 0.6) is 0 Å². The van der Waals surface area contributed by atoms with E-state index in [1.54, 1.807) is 11.3 Å². The number of fused-ring (bicyclic) bond motifs is 1. The number of carbonyl (C=O) groups is 1. The highest BCUT2D eigenvalue weighted by Gasteiger charge is 2.19. The van der Waals surface area contributed by atoms with Gasteiger partial charge in [-0.3, -0.25) is 9.69 Å². The average Bonchev–Trinajstić information content (AvgIpc) is 3.10. The number of nitrogens with zero attached hydrogens (tertiary/aromatic N) is 5. The molecule has 1 aromatic carbocycles. The average molecular weight is 354 g/mol. The maximum absolute atomic E-state index is 11.1. The highest BCUT2D eigenvalue weighted by molar-refractivity contribution is 7.16. The van der Waals surface area contributed by atoms with Gasteiger partial charge in [-0.25, -0.2) is 15.0 Å². The van der Waals surface area contributed by atoms with Gasteiger partial charge in [0, 0.05) is 45.1 Å². The molecule has 0 saturated carbocycles. The normalized spacial score (nSPS) is 15.6. The van der Waals surface area contributed by atoms with Crippen molar-refractivity contribution in [3.8, 4) is 0 Å². The van der Waals surface area contributed by atoms with E-state index in [0.29, 0.717) is 11.5 Å². The van der Waals surface area contributed by atoms with Crippen LogP contribution in [0.3, 0.4) is 0 Å². The number of aromatic nitrogens is 3. The number of thiazole rings is 1. The summed E-state index contributed by atoms with van der Waals surface area (Å²) in [5.74, 6) is 0.141. The number of benzene rings is 1. The van der Waals surface area contributed by atoms with Crippen molar-refractivity contribution in [2.45, 2.75) is 6.54 Å². The molecule has 0 spiro atoms. The lowest BCUT2D eigenvalue weighted by Gasteiger charge is -2.34. The number of rotatable bonds is 4. The minimum absolute atomic E-state index is 0.333. The van der Waals surface area contributed by atoms with Crippen molar-refractivity contribution < 1.29 is 4.79 Å². The van der Waals surface area contributed by atoms with Gasteiger partial charge in [0.15, 0.2) is 0 Å². The summed E-state index contributed by atoms with van der Waals surface area (Å²) in [7, 11) is 0. The standard InChI is InChI=1S/C17H18N6OS/c18-16(24)13-8-19-17(20-9-13)23-5-3-22(4-6-23)10-12-1-2-15-14(7-12)21-11-25-15/h1-2,7-9,11H,3-6,10H2,(H2,18,24). The molecule has 3 heterocycles. The largest absolute Gasteiger partial charge is 0.366 e. The highest BCUT2D eigenvalue weighted by atomic mass is 32.1. The van der Waals surface area contributed by atoms with E-state index in [9.17, 15) is 4.79 Å². The van der Waals surface area contributed by atoms with E-state index < -0.39 is 5.91 Å². The second-order valence-electron chi connectivity index (χ2n) is 6.05. The van der Waals surface area contributed by atoms with Crippen molar-refractivity contribution in [3.05, 3.63) is 47.2 Å². The summed E-state index contributed by atoms with van der Waals surface area (Å²) < 4.78 is 1.23. The number of hydrogen-bond acceptors (Lipinski definition) is 7. The molecular formula is C17H18N6OS. The SMILES string of the molecule is NC(=O)c1cnc(N2CCN(Cc3ccc4scnc4c3)CC2)nc1. The quantitative estimate of drug-likeness (QED) is 0.764. The topological polar surface area (TPSA) is 88.2 Å². The maximum Gasteiger partial charge on any atom is 0.251 e. The van der Waals surface area contributed by atoms with Crippen LogP contribution in [0.4, 0.5) is 5.95 Å². The van der Waals surface area contributed by atoms with Gasteiger partial charge < -0.3 is 10.6 Å². The Bertz CT molecular complexity index is 886. The van der Waals surface area contributed by atoms with Crippen LogP contribution in [-0.2, 0) is 6.54 Å². The number of amides is 1. The van der Waals surface area contributed by atoms with Crippen LogP contribution >= 0.6 is 11.3 Å². The molecule has 8 heteroatoms. The number of primary amides is 1. The van der Waals surface area contributed by atoms with Crippen LogP contribution in [0.2, 0.25) is 0 Å². The van der Waals surface area contributed by atoms with Crippen LogP contribution in [-0.4, -0.2) is 51.9 Å². The summed E-state index contributed by atoms with van der Waals surface area (Å²) in [5.41, 5.74) is 9.80. The van der Waals surface area contributed by atoms with Gasteiger partial charge in [-0.05, 0) is 17.7 Å². The van der Waals surface area contributed by atoms with Crippen molar-refractivity contribution in [1.29, 1.82) is 0 Å². The number of nitrogens with two attached hydrogens (primary N) is 1. The highest BCUT2D eigenvalue weighted by Crippen LogP contribution is 2.20. The molecule has 1 fully saturated rings. The first-order valence-electron chi connectivity index (χ1n) is 8.10. The Morgan fingerprint density at radius 1 is 1.12 bits per heavy atom. The van der Waals surface area contributed by atoms with Gasteiger partial charge in [0.2, 0.25) is 5.95 Å². The minimum atomic E-state index is -0.506. The molecule has 1 aliphatic rings. The molecule has 3 aromatic rings. The summed E-state index contributed by atoms with van der Waals surface area (Å²) in [6.45, 7) is 4.51. The third-order valence-corrected chi connectivity index (χ3v) is 5.19. The van der Waals surface area contributed by atoms with Crippen LogP contribution in [0.1, 0.15) is 15.9 Å².